The molecule has 0 atom stereocenters. The van der Waals surface area contributed by atoms with E-state index in [2.05, 4.69) is 9.88 Å². The first-order valence-electron chi connectivity index (χ1n) is 9.99. The molecule has 0 aliphatic heterocycles. The topological polar surface area (TPSA) is 46.9 Å². The van der Waals surface area contributed by atoms with Crippen molar-refractivity contribution in [3.63, 3.8) is 0 Å². The normalized spacial score (nSPS) is 11.3. The molecule has 0 radical (unpaired) electrons. The molecule has 4 aromatic rings. The minimum Gasteiger partial charge on any atom is -0.352 e. The number of carbonyl (C=O) groups excluding carboxylic acids is 1. The van der Waals surface area contributed by atoms with Gasteiger partial charge >= 0.3 is 0 Å². The van der Waals surface area contributed by atoms with Gasteiger partial charge in [-0.2, -0.15) is 0 Å². The van der Waals surface area contributed by atoms with E-state index < -0.39 is 0 Å². The number of rotatable bonds is 7. The molecule has 0 aliphatic rings. The Morgan fingerprint density at radius 3 is 2.58 bits per heavy atom. The maximum Gasteiger partial charge on any atom is 0.244 e. The summed E-state index contributed by atoms with van der Waals surface area (Å²) in [6, 6.07) is 23.2. The van der Waals surface area contributed by atoms with Crippen molar-refractivity contribution in [2.75, 3.05) is 6.54 Å². The molecule has 4 nitrogen and oxygen atoms in total. The van der Waals surface area contributed by atoms with Crippen LogP contribution >= 0.6 is 23.2 Å². The van der Waals surface area contributed by atoms with Gasteiger partial charge in [-0.05, 0) is 41.5 Å². The number of fused-ring (bicyclic) bond motifs is 1. The SMILES string of the molecule is O=C(/C=C/c1ccccc1)NCCc1nc2ccccc2n1Cc1ccc(Cl)cc1Cl. The van der Waals surface area contributed by atoms with Crippen LogP contribution in [0.4, 0.5) is 0 Å². The van der Waals surface area contributed by atoms with Gasteiger partial charge in [-0.3, -0.25) is 4.79 Å². The molecule has 0 fully saturated rings. The molecular formula is C25H21Cl2N3O. The number of nitrogens with zero attached hydrogens (tertiary/aromatic N) is 2. The average molecular weight is 450 g/mol. The number of aromatic nitrogens is 2. The molecule has 31 heavy (non-hydrogen) atoms. The first-order valence-corrected chi connectivity index (χ1v) is 10.7. The minimum absolute atomic E-state index is 0.132. The number of nitrogens with one attached hydrogen (secondary N) is 1. The van der Waals surface area contributed by atoms with Crippen molar-refractivity contribution in [2.24, 2.45) is 0 Å². The van der Waals surface area contributed by atoms with Gasteiger partial charge in [-0.1, -0.05) is 71.7 Å². The van der Waals surface area contributed by atoms with E-state index in [1.54, 1.807) is 18.2 Å². The highest BCUT2D eigenvalue weighted by atomic mass is 35.5. The van der Waals surface area contributed by atoms with Crippen LogP contribution in [0.1, 0.15) is 17.0 Å². The molecule has 6 heteroatoms. The summed E-state index contributed by atoms with van der Waals surface area (Å²) in [5, 5.41) is 4.16. The molecule has 1 amide bonds. The second-order valence-corrected chi connectivity index (χ2v) is 7.97. The number of benzene rings is 3. The Balaban J connectivity index is 1.48. The number of halogens is 2. The zero-order valence-electron chi connectivity index (χ0n) is 16.8. The fraction of sp³-hybridized carbons (Fsp3) is 0.120. The standard InChI is InChI=1S/C25H21Cl2N3O/c26-20-12-11-19(21(27)16-20)17-30-23-9-5-4-8-22(23)29-24(30)14-15-28-25(31)13-10-18-6-2-1-3-7-18/h1-13,16H,14-15,17H2,(H,28,31)/b13-10+. The lowest BCUT2D eigenvalue weighted by atomic mass is 10.2. The zero-order valence-corrected chi connectivity index (χ0v) is 18.3. The first kappa shape index (κ1) is 21.2. The van der Waals surface area contributed by atoms with Gasteiger partial charge < -0.3 is 9.88 Å². The summed E-state index contributed by atoms with van der Waals surface area (Å²) in [7, 11) is 0. The fourth-order valence-corrected chi connectivity index (χ4v) is 3.87. The van der Waals surface area contributed by atoms with Crippen molar-refractivity contribution in [3.05, 3.63) is 106 Å². The van der Waals surface area contributed by atoms with Gasteiger partial charge in [0.05, 0.1) is 17.6 Å². The van der Waals surface area contributed by atoms with Crippen LogP contribution in [0, 0.1) is 0 Å². The maximum atomic E-state index is 12.2. The van der Waals surface area contributed by atoms with Gasteiger partial charge in [0.1, 0.15) is 5.82 Å². The van der Waals surface area contributed by atoms with E-state index in [1.165, 1.54) is 0 Å². The van der Waals surface area contributed by atoms with E-state index in [4.69, 9.17) is 28.2 Å². The Labute approximate surface area is 191 Å². The Bertz CT molecular complexity index is 1230. The van der Waals surface area contributed by atoms with Crippen molar-refractivity contribution in [2.45, 2.75) is 13.0 Å². The molecule has 0 unspecified atom stereocenters. The highest BCUT2D eigenvalue weighted by Gasteiger charge is 2.12. The Hall–Kier alpha value is -3.08. The molecule has 0 aliphatic carbocycles. The number of hydrogen-bond donors (Lipinski definition) is 1. The van der Waals surface area contributed by atoms with E-state index in [9.17, 15) is 4.79 Å². The fourth-order valence-electron chi connectivity index (χ4n) is 3.41. The van der Waals surface area contributed by atoms with Gasteiger partial charge in [0.2, 0.25) is 5.91 Å². The molecule has 1 aromatic heterocycles. The van der Waals surface area contributed by atoms with Crippen LogP contribution in [0.5, 0.6) is 0 Å². The number of para-hydroxylation sites is 2. The summed E-state index contributed by atoms with van der Waals surface area (Å²) in [6.07, 6.45) is 3.95. The zero-order chi connectivity index (χ0) is 21.6. The Morgan fingerprint density at radius 1 is 1.00 bits per heavy atom. The van der Waals surface area contributed by atoms with E-state index in [0.29, 0.717) is 29.6 Å². The lowest BCUT2D eigenvalue weighted by molar-refractivity contribution is -0.116. The van der Waals surface area contributed by atoms with Crippen molar-refractivity contribution in [1.29, 1.82) is 0 Å². The quantitative estimate of drug-likeness (QED) is 0.364. The van der Waals surface area contributed by atoms with Crippen LogP contribution in [0.3, 0.4) is 0 Å². The number of imidazole rings is 1. The van der Waals surface area contributed by atoms with E-state index in [1.807, 2.05) is 66.7 Å². The molecule has 1 N–H and O–H groups in total. The van der Waals surface area contributed by atoms with Gasteiger partial charge in [0, 0.05) is 29.1 Å². The summed E-state index contributed by atoms with van der Waals surface area (Å²) in [5.41, 5.74) is 3.89. The molecule has 156 valence electrons. The number of hydrogen-bond acceptors (Lipinski definition) is 2. The summed E-state index contributed by atoms with van der Waals surface area (Å²) in [4.78, 5) is 16.9. The molecule has 0 saturated heterocycles. The second-order valence-electron chi connectivity index (χ2n) is 7.12. The van der Waals surface area contributed by atoms with Gasteiger partial charge in [-0.25, -0.2) is 4.98 Å². The van der Waals surface area contributed by atoms with Crippen LogP contribution in [-0.4, -0.2) is 22.0 Å². The number of carbonyl (C=O) groups is 1. The van der Waals surface area contributed by atoms with Gasteiger partial charge in [0.15, 0.2) is 0 Å². The van der Waals surface area contributed by atoms with Gasteiger partial charge in [0.25, 0.3) is 0 Å². The molecular weight excluding hydrogens is 429 g/mol. The lowest BCUT2D eigenvalue weighted by Crippen LogP contribution is -2.24. The van der Waals surface area contributed by atoms with Crippen LogP contribution < -0.4 is 5.32 Å². The average Bonchev–Trinajstić information content (AvgIpc) is 3.12. The predicted octanol–water partition coefficient (Wildman–Crippen LogP) is 5.76. The van der Waals surface area contributed by atoms with Crippen LogP contribution in [0.15, 0.2) is 78.9 Å². The second kappa shape index (κ2) is 9.82. The van der Waals surface area contributed by atoms with E-state index in [-0.39, 0.29) is 5.91 Å². The van der Waals surface area contributed by atoms with Crippen molar-refractivity contribution >= 4 is 46.2 Å². The third-order valence-corrected chi connectivity index (χ3v) is 5.54. The van der Waals surface area contributed by atoms with Gasteiger partial charge in [-0.15, -0.1) is 0 Å². The molecule has 0 saturated carbocycles. The number of amides is 1. The Morgan fingerprint density at radius 2 is 1.77 bits per heavy atom. The Kier molecular flexibility index (Phi) is 6.70. The van der Waals surface area contributed by atoms with Crippen molar-refractivity contribution < 1.29 is 4.79 Å². The highest BCUT2D eigenvalue weighted by Crippen LogP contribution is 2.24. The summed E-state index contributed by atoms with van der Waals surface area (Å²) in [6.45, 7) is 1.06. The summed E-state index contributed by atoms with van der Waals surface area (Å²) < 4.78 is 2.14. The molecule has 0 bridgehead atoms. The van der Waals surface area contributed by atoms with Crippen LogP contribution in [-0.2, 0) is 17.8 Å². The molecule has 4 rings (SSSR count). The first-order chi connectivity index (χ1) is 15.1. The summed E-state index contributed by atoms with van der Waals surface area (Å²) in [5.74, 6) is 0.756. The third-order valence-electron chi connectivity index (χ3n) is 4.95. The predicted molar refractivity (Wildman–Crippen MR) is 127 cm³/mol. The monoisotopic (exact) mass is 449 g/mol. The minimum atomic E-state index is -0.132. The third kappa shape index (κ3) is 5.35. The lowest BCUT2D eigenvalue weighted by Gasteiger charge is -2.11. The molecule has 3 aromatic carbocycles. The smallest absolute Gasteiger partial charge is 0.244 e. The van der Waals surface area contributed by atoms with Crippen molar-refractivity contribution in [1.82, 2.24) is 14.9 Å². The van der Waals surface area contributed by atoms with E-state index >= 15 is 0 Å². The largest absolute Gasteiger partial charge is 0.352 e. The molecule has 1 heterocycles. The molecule has 0 spiro atoms. The van der Waals surface area contributed by atoms with Crippen LogP contribution in [0.2, 0.25) is 10.0 Å². The summed E-state index contributed by atoms with van der Waals surface area (Å²) >= 11 is 12.4. The van der Waals surface area contributed by atoms with Crippen LogP contribution in [0.25, 0.3) is 17.1 Å². The van der Waals surface area contributed by atoms with E-state index in [0.717, 1.165) is 28.0 Å². The maximum absolute atomic E-state index is 12.2. The highest BCUT2D eigenvalue weighted by molar-refractivity contribution is 6.35. The van der Waals surface area contributed by atoms with Crippen molar-refractivity contribution in [3.8, 4) is 0 Å².